The van der Waals surface area contributed by atoms with Gasteiger partial charge in [-0.1, -0.05) is 11.6 Å². The summed E-state index contributed by atoms with van der Waals surface area (Å²) in [5, 5.41) is 7.33. The fourth-order valence-electron chi connectivity index (χ4n) is 3.58. The van der Waals surface area contributed by atoms with Crippen molar-refractivity contribution in [3.05, 3.63) is 71.2 Å². The number of hydrogen-bond donors (Lipinski definition) is 3. The first-order chi connectivity index (χ1) is 16.1. The third-order valence-corrected chi connectivity index (χ3v) is 5.44. The molecule has 0 aliphatic heterocycles. The third kappa shape index (κ3) is 5.23. The molecular weight excluding hydrogens is 471 g/mol. The lowest BCUT2D eigenvalue weighted by molar-refractivity contribution is -0.137. The molecule has 3 amide bonds. The van der Waals surface area contributed by atoms with Crippen LogP contribution in [0.3, 0.4) is 0 Å². The summed E-state index contributed by atoms with van der Waals surface area (Å²) in [6.45, 7) is 1.43. The first kappa shape index (κ1) is 23.4. The second-order valence-corrected chi connectivity index (χ2v) is 8.03. The number of fused-ring (bicyclic) bond motifs is 1. The molecule has 176 valence electrons. The average molecular weight is 490 g/mol. The van der Waals surface area contributed by atoms with Gasteiger partial charge in [0, 0.05) is 29.7 Å². The molecule has 0 saturated carbocycles. The molecule has 0 radical (unpaired) electrons. The first-order valence-corrected chi connectivity index (χ1v) is 10.6. The largest absolute Gasteiger partial charge is 0.417 e. The Morgan fingerprint density at radius 1 is 1.00 bits per heavy atom. The molecule has 0 spiro atoms. The van der Waals surface area contributed by atoms with E-state index in [2.05, 4.69) is 20.9 Å². The Balaban J connectivity index is 1.44. The van der Waals surface area contributed by atoms with Gasteiger partial charge < -0.3 is 20.5 Å². The molecular formula is C23H19ClF3N5O2. The van der Waals surface area contributed by atoms with Crippen LogP contribution in [-0.4, -0.2) is 21.5 Å². The van der Waals surface area contributed by atoms with Crippen LogP contribution in [0.15, 0.2) is 60.6 Å². The highest BCUT2D eigenvalue weighted by molar-refractivity contribution is 6.31. The number of halogens is 4. The van der Waals surface area contributed by atoms with Gasteiger partial charge in [0.2, 0.25) is 5.91 Å². The minimum Gasteiger partial charge on any atom is -0.326 e. The molecule has 4 rings (SSSR count). The highest BCUT2D eigenvalue weighted by Crippen LogP contribution is 2.36. The maximum Gasteiger partial charge on any atom is 0.417 e. The van der Waals surface area contributed by atoms with Crippen molar-refractivity contribution in [3.8, 4) is 0 Å². The summed E-state index contributed by atoms with van der Waals surface area (Å²) < 4.78 is 40.9. The van der Waals surface area contributed by atoms with Crippen molar-refractivity contribution in [1.29, 1.82) is 0 Å². The SMILES string of the molecule is CC(=O)Nc1ccc2c(c1)ncn2C1=CC=C(NC(=O)Nc2ccc(Cl)c(C(F)(F)F)c2)CC1. The summed E-state index contributed by atoms with van der Waals surface area (Å²) >= 11 is 5.61. The quantitative estimate of drug-likeness (QED) is 0.419. The molecule has 1 aromatic heterocycles. The normalized spacial score (nSPS) is 13.8. The molecule has 0 bridgehead atoms. The monoisotopic (exact) mass is 489 g/mol. The van der Waals surface area contributed by atoms with E-state index in [-0.39, 0.29) is 11.6 Å². The van der Waals surface area contributed by atoms with Crippen LogP contribution in [-0.2, 0) is 11.0 Å². The molecule has 7 nitrogen and oxygen atoms in total. The van der Waals surface area contributed by atoms with Gasteiger partial charge in [-0.2, -0.15) is 13.2 Å². The number of nitrogens with zero attached hydrogens (tertiary/aromatic N) is 2. The second kappa shape index (κ2) is 9.22. The highest BCUT2D eigenvalue weighted by Gasteiger charge is 2.33. The van der Waals surface area contributed by atoms with Crippen LogP contribution in [0.2, 0.25) is 5.02 Å². The van der Waals surface area contributed by atoms with Gasteiger partial charge in [0.25, 0.3) is 0 Å². The van der Waals surface area contributed by atoms with Crippen molar-refractivity contribution in [2.45, 2.75) is 25.9 Å². The van der Waals surface area contributed by atoms with Crippen LogP contribution in [0.5, 0.6) is 0 Å². The molecule has 11 heteroatoms. The number of aromatic nitrogens is 2. The molecule has 1 heterocycles. The van der Waals surface area contributed by atoms with Gasteiger partial charge in [0.1, 0.15) is 6.33 Å². The summed E-state index contributed by atoms with van der Waals surface area (Å²) in [5.74, 6) is -0.167. The topological polar surface area (TPSA) is 88.1 Å². The van der Waals surface area contributed by atoms with Gasteiger partial charge in [-0.15, -0.1) is 0 Å². The predicted molar refractivity (Wildman–Crippen MR) is 124 cm³/mol. The number of hydrogen-bond acceptors (Lipinski definition) is 3. The average Bonchev–Trinajstić information content (AvgIpc) is 3.17. The number of carbonyl (C=O) groups excluding carboxylic acids is 2. The van der Waals surface area contributed by atoms with Crippen LogP contribution in [0, 0.1) is 0 Å². The molecule has 1 aliphatic rings. The minimum absolute atomic E-state index is 0.0228. The Morgan fingerprint density at radius 3 is 2.41 bits per heavy atom. The van der Waals surface area contributed by atoms with Crippen molar-refractivity contribution in [2.75, 3.05) is 10.6 Å². The molecule has 0 unspecified atom stereocenters. The number of carbonyl (C=O) groups is 2. The summed E-state index contributed by atoms with van der Waals surface area (Å²) in [4.78, 5) is 27.9. The Kier molecular flexibility index (Phi) is 6.34. The Labute approximate surface area is 197 Å². The highest BCUT2D eigenvalue weighted by atomic mass is 35.5. The fraction of sp³-hybridized carbons (Fsp3) is 0.174. The first-order valence-electron chi connectivity index (χ1n) is 10.2. The summed E-state index contributed by atoms with van der Waals surface area (Å²) in [6.07, 6.45) is 1.75. The predicted octanol–water partition coefficient (Wildman–Crippen LogP) is 6.01. The van der Waals surface area contributed by atoms with Crippen molar-refractivity contribution >= 4 is 51.6 Å². The van der Waals surface area contributed by atoms with Crippen LogP contribution < -0.4 is 16.0 Å². The number of imidazole rings is 1. The number of nitrogens with one attached hydrogen (secondary N) is 3. The van der Waals surface area contributed by atoms with E-state index in [0.29, 0.717) is 24.2 Å². The fourth-order valence-corrected chi connectivity index (χ4v) is 3.81. The lowest BCUT2D eigenvalue weighted by Crippen LogP contribution is -2.29. The van der Waals surface area contributed by atoms with Crippen LogP contribution in [0.25, 0.3) is 16.7 Å². The number of rotatable bonds is 4. The zero-order valence-corrected chi connectivity index (χ0v) is 18.6. The van der Waals surface area contributed by atoms with Crippen molar-refractivity contribution in [2.24, 2.45) is 0 Å². The van der Waals surface area contributed by atoms with E-state index >= 15 is 0 Å². The van der Waals surface area contributed by atoms with Crippen molar-refractivity contribution in [3.63, 3.8) is 0 Å². The van der Waals surface area contributed by atoms with Gasteiger partial charge in [0.05, 0.1) is 21.6 Å². The van der Waals surface area contributed by atoms with Crippen molar-refractivity contribution < 1.29 is 22.8 Å². The molecule has 0 saturated heterocycles. The molecule has 3 aromatic rings. The van der Waals surface area contributed by atoms with Gasteiger partial charge in [-0.3, -0.25) is 4.79 Å². The molecule has 1 aliphatic carbocycles. The van der Waals surface area contributed by atoms with Gasteiger partial charge >= 0.3 is 12.2 Å². The van der Waals surface area contributed by atoms with Crippen LogP contribution in [0.4, 0.5) is 29.3 Å². The maximum atomic E-state index is 13.0. The van der Waals surface area contributed by atoms with E-state index < -0.39 is 22.8 Å². The lowest BCUT2D eigenvalue weighted by atomic mass is 10.1. The molecule has 2 aromatic carbocycles. The number of anilines is 2. The Morgan fingerprint density at radius 2 is 1.74 bits per heavy atom. The van der Waals surface area contributed by atoms with Crippen LogP contribution >= 0.6 is 11.6 Å². The number of amides is 3. The zero-order valence-electron chi connectivity index (χ0n) is 17.8. The summed E-state index contributed by atoms with van der Waals surface area (Å²) in [6, 6.07) is 7.95. The smallest absolute Gasteiger partial charge is 0.326 e. The minimum atomic E-state index is -4.62. The molecule has 0 atom stereocenters. The number of benzene rings is 2. The third-order valence-electron chi connectivity index (χ3n) is 5.11. The lowest BCUT2D eigenvalue weighted by Gasteiger charge is -2.18. The zero-order chi connectivity index (χ0) is 24.5. The molecule has 0 fully saturated rings. The van der Waals surface area contributed by atoms with E-state index in [1.807, 2.05) is 16.7 Å². The van der Waals surface area contributed by atoms with Crippen molar-refractivity contribution in [1.82, 2.24) is 14.9 Å². The Bertz CT molecular complexity index is 1340. The molecule has 34 heavy (non-hydrogen) atoms. The van der Waals surface area contributed by atoms with Gasteiger partial charge in [-0.25, -0.2) is 9.78 Å². The number of alkyl halides is 3. The number of allylic oxidation sites excluding steroid dienone is 4. The van der Waals surface area contributed by atoms with Gasteiger partial charge in [0.15, 0.2) is 0 Å². The van der Waals surface area contributed by atoms with Gasteiger partial charge in [-0.05, 0) is 61.4 Å². The van der Waals surface area contributed by atoms with E-state index in [9.17, 15) is 22.8 Å². The Hall–Kier alpha value is -3.79. The van der Waals surface area contributed by atoms with E-state index in [0.717, 1.165) is 28.9 Å². The van der Waals surface area contributed by atoms with E-state index in [4.69, 9.17) is 11.6 Å². The second-order valence-electron chi connectivity index (χ2n) is 7.62. The van der Waals surface area contributed by atoms with E-state index in [1.165, 1.54) is 13.0 Å². The standard InChI is InChI=1S/C23H19ClF3N5O2/c1-13(33)29-16-5-9-21-20(11-16)28-12-32(21)17-6-2-14(3-7-17)30-22(34)31-15-4-8-19(24)18(10-15)23(25,26)27/h2,4-6,8-12H,3,7H2,1H3,(H,29,33)(H2,30,31,34). The van der Waals surface area contributed by atoms with E-state index in [1.54, 1.807) is 24.5 Å². The summed E-state index contributed by atoms with van der Waals surface area (Å²) in [5.41, 5.74) is 2.77. The summed E-state index contributed by atoms with van der Waals surface area (Å²) in [7, 11) is 0. The maximum absolute atomic E-state index is 13.0. The number of urea groups is 1. The van der Waals surface area contributed by atoms with Crippen LogP contribution in [0.1, 0.15) is 25.3 Å². The molecule has 3 N–H and O–H groups in total.